The molecule has 25 heavy (non-hydrogen) atoms. The van der Waals surface area contributed by atoms with Crippen LogP contribution in [0.5, 0.6) is 0 Å². The minimum atomic E-state index is -0.635. The summed E-state index contributed by atoms with van der Waals surface area (Å²) in [6.45, 7) is 2.60. The molecule has 2 aromatic heterocycles. The molecule has 1 aliphatic rings. The minimum Gasteiger partial charge on any atom is -0.384 e. The standard InChI is InChI=1S/C17H22N4O3S/c1-10(21-8-4-6-11(21)12-7-5-9-25-12)14(22)13-15(18)19(2)17(24)20(3)16(13)23/h5,7,9-11H,4,6,8,18H2,1-3H3/t10-,11-/m0/s1. The molecular formula is C17H22N4O3S. The molecule has 0 saturated carbocycles. The van der Waals surface area contributed by atoms with Crippen LogP contribution in [-0.4, -0.2) is 32.4 Å². The number of anilines is 1. The van der Waals surface area contributed by atoms with Gasteiger partial charge in [0.25, 0.3) is 5.56 Å². The number of nitrogen functional groups attached to an aromatic ring is 1. The monoisotopic (exact) mass is 362 g/mol. The third-order valence-corrected chi connectivity index (χ3v) is 5.97. The van der Waals surface area contributed by atoms with Crippen molar-refractivity contribution in [2.45, 2.75) is 31.8 Å². The highest BCUT2D eigenvalue weighted by Crippen LogP contribution is 2.36. The Morgan fingerprint density at radius 3 is 2.68 bits per heavy atom. The van der Waals surface area contributed by atoms with E-state index in [1.807, 2.05) is 11.4 Å². The summed E-state index contributed by atoms with van der Waals surface area (Å²) in [4.78, 5) is 40.8. The van der Waals surface area contributed by atoms with E-state index >= 15 is 0 Å². The third-order valence-electron chi connectivity index (χ3n) is 5.00. The van der Waals surface area contributed by atoms with Crippen LogP contribution in [0.25, 0.3) is 0 Å². The number of Topliss-reactive ketones (excluding diaryl/α,β-unsaturated/α-hetero) is 1. The molecule has 8 heteroatoms. The highest BCUT2D eigenvalue weighted by Gasteiger charge is 2.35. The highest BCUT2D eigenvalue weighted by atomic mass is 32.1. The number of carbonyl (C=O) groups excluding carboxylic acids is 1. The zero-order valence-electron chi connectivity index (χ0n) is 14.6. The van der Waals surface area contributed by atoms with Gasteiger partial charge >= 0.3 is 5.69 Å². The van der Waals surface area contributed by atoms with Gasteiger partial charge in [-0.2, -0.15) is 0 Å². The van der Waals surface area contributed by atoms with Gasteiger partial charge < -0.3 is 5.73 Å². The van der Waals surface area contributed by atoms with Crippen LogP contribution >= 0.6 is 11.3 Å². The summed E-state index contributed by atoms with van der Waals surface area (Å²) < 4.78 is 2.07. The number of aromatic nitrogens is 2. The van der Waals surface area contributed by atoms with Crippen molar-refractivity contribution in [3.05, 3.63) is 48.8 Å². The van der Waals surface area contributed by atoms with Crippen molar-refractivity contribution in [1.82, 2.24) is 14.0 Å². The maximum atomic E-state index is 13.1. The van der Waals surface area contributed by atoms with E-state index in [-0.39, 0.29) is 23.2 Å². The van der Waals surface area contributed by atoms with E-state index in [1.54, 1.807) is 18.3 Å². The van der Waals surface area contributed by atoms with E-state index < -0.39 is 17.3 Å². The summed E-state index contributed by atoms with van der Waals surface area (Å²) in [7, 11) is 2.82. The molecule has 134 valence electrons. The summed E-state index contributed by atoms with van der Waals surface area (Å²) in [5, 5.41) is 2.03. The van der Waals surface area contributed by atoms with Crippen LogP contribution in [0.1, 0.15) is 41.0 Å². The van der Waals surface area contributed by atoms with Gasteiger partial charge in [0, 0.05) is 25.0 Å². The Kier molecular flexibility index (Phi) is 4.66. The van der Waals surface area contributed by atoms with Gasteiger partial charge in [0.15, 0.2) is 5.78 Å². The number of rotatable bonds is 4. The maximum Gasteiger partial charge on any atom is 0.332 e. The molecule has 0 unspecified atom stereocenters. The summed E-state index contributed by atoms with van der Waals surface area (Å²) in [5.41, 5.74) is 4.66. The zero-order valence-corrected chi connectivity index (χ0v) is 15.4. The number of nitrogens with zero attached hydrogens (tertiary/aromatic N) is 3. The number of carbonyl (C=O) groups is 1. The van der Waals surface area contributed by atoms with Gasteiger partial charge in [0.1, 0.15) is 11.4 Å². The number of ketones is 1. The van der Waals surface area contributed by atoms with Crippen molar-refractivity contribution in [2.24, 2.45) is 14.1 Å². The summed E-state index contributed by atoms with van der Waals surface area (Å²) >= 11 is 1.67. The number of likely N-dealkylation sites (tertiary alicyclic amines) is 1. The Balaban J connectivity index is 1.99. The molecule has 3 heterocycles. The zero-order chi connectivity index (χ0) is 18.3. The van der Waals surface area contributed by atoms with Gasteiger partial charge in [-0.1, -0.05) is 6.07 Å². The minimum absolute atomic E-state index is 0.0724. The average molecular weight is 362 g/mol. The van der Waals surface area contributed by atoms with E-state index in [0.717, 1.165) is 28.5 Å². The first kappa shape index (κ1) is 17.6. The Morgan fingerprint density at radius 1 is 1.32 bits per heavy atom. The molecule has 0 amide bonds. The van der Waals surface area contributed by atoms with Crippen molar-refractivity contribution in [3.8, 4) is 0 Å². The predicted molar refractivity (Wildman–Crippen MR) is 98.1 cm³/mol. The molecule has 1 aliphatic heterocycles. The normalized spacial score (nSPS) is 19.2. The molecular weight excluding hydrogens is 340 g/mol. The molecule has 0 aromatic carbocycles. The van der Waals surface area contributed by atoms with E-state index in [9.17, 15) is 14.4 Å². The first-order valence-electron chi connectivity index (χ1n) is 8.23. The summed E-state index contributed by atoms with van der Waals surface area (Å²) in [5.74, 6) is -0.408. The fraction of sp³-hybridized carbons (Fsp3) is 0.471. The van der Waals surface area contributed by atoms with Gasteiger partial charge in [0.2, 0.25) is 0 Å². The van der Waals surface area contributed by atoms with Crippen LogP contribution < -0.4 is 17.0 Å². The molecule has 2 aromatic rings. The Hall–Kier alpha value is -2.19. The van der Waals surface area contributed by atoms with Gasteiger partial charge in [0.05, 0.1) is 6.04 Å². The van der Waals surface area contributed by atoms with Crippen LogP contribution in [0.3, 0.4) is 0 Å². The molecule has 1 saturated heterocycles. The van der Waals surface area contributed by atoms with Gasteiger partial charge in [-0.05, 0) is 37.8 Å². The van der Waals surface area contributed by atoms with Crippen LogP contribution in [0.2, 0.25) is 0 Å². The predicted octanol–water partition coefficient (Wildman–Crippen LogP) is 1.14. The first-order chi connectivity index (χ1) is 11.8. The van der Waals surface area contributed by atoms with E-state index in [4.69, 9.17) is 5.73 Å². The van der Waals surface area contributed by atoms with E-state index in [2.05, 4.69) is 11.0 Å². The number of hydrogen-bond donors (Lipinski definition) is 1. The number of nitrogens with two attached hydrogens (primary N) is 1. The lowest BCUT2D eigenvalue weighted by atomic mass is 10.0. The fourth-order valence-corrected chi connectivity index (χ4v) is 4.37. The molecule has 2 atom stereocenters. The molecule has 7 nitrogen and oxygen atoms in total. The van der Waals surface area contributed by atoms with Crippen molar-refractivity contribution in [3.63, 3.8) is 0 Å². The Morgan fingerprint density at radius 2 is 2.04 bits per heavy atom. The molecule has 0 aliphatic carbocycles. The second kappa shape index (κ2) is 6.61. The van der Waals surface area contributed by atoms with Crippen molar-refractivity contribution in [1.29, 1.82) is 0 Å². The molecule has 1 fully saturated rings. The van der Waals surface area contributed by atoms with Crippen LogP contribution in [0.4, 0.5) is 5.82 Å². The van der Waals surface area contributed by atoms with Crippen LogP contribution in [0.15, 0.2) is 27.1 Å². The fourth-order valence-electron chi connectivity index (χ4n) is 3.49. The van der Waals surface area contributed by atoms with Crippen molar-refractivity contribution in [2.75, 3.05) is 12.3 Å². The smallest absolute Gasteiger partial charge is 0.332 e. The topological polar surface area (TPSA) is 90.3 Å². The summed E-state index contributed by atoms with van der Waals surface area (Å²) in [6.07, 6.45) is 1.99. The molecule has 2 N–H and O–H groups in total. The van der Waals surface area contributed by atoms with E-state index in [0.29, 0.717) is 0 Å². The summed E-state index contributed by atoms with van der Waals surface area (Å²) in [6, 6.07) is 3.77. The lowest BCUT2D eigenvalue weighted by Gasteiger charge is -2.29. The van der Waals surface area contributed by atoms with Gasteiger partial charge in [-0.3, -0.25) is 23.6 Å². The lowest BCUT2D eigenvalue weighted by Crippen LogP contribution is -2.46. The lowest BCUT2D eigenvalue weighted by molar-refractivity contribution is 0.0820. The van der Waals surface area contributed by atoms with Gasteiger partial charge in [-0.25, -0.2) is 4.79 Å². The third kappa shape index (κ3) is 2.85. The number of hydrogen-bond acceptors (Lipinski definition) is 6. The second-order valence-corrected chi connectivity index (χ2v) is 7.40. The van der Waals surface area contributed by atoms with Crippen LogP contribution in [0, 0.1) is 0 Å². The van der Waals surface area contributed by atoms with Crippen LogP contribution in [-0.2, 0) is 14.1 Å². The quantitative estimate of drug-likeness (QED) is 0.824. The largest absolute Gasteiger partial charge is 0.384 e. The SMILES string of the molecule is C[C@@H](C(=O)c1c(N)n(C)c(=O)n(C)c1=O)N1CCC[C@H]1c1cccs1. The van der Waals surface area contributed by atoms with Gasteiger partial charge in [-0.15, -0.1) is 11.3 Å². The average Bonchev–Trinajstić information content (AvgIpc) is 3.28. The maximum absolute atomic E-state index is 13.1. The molecule has 0 bridgehead atoms. The molecule has 0 radical (unpaired) electrons. The Bertz CT molecular complexity index is 913. The van der Waals surface area contributed by atoms with Crippen molar-refractivity contribution < 1.29 is 4.79 Å². The number of thiophene rings is 1. The van der Waals surface area contributed by atoms with E-state index in [1.165, 1.54) is 19.0 Å². The first-order valence-corrected chi connectivity index (χ1v) is 9.11. The molecule has 3 rings (SSSR count). The molecule has 0 spiro atoms. The van der Waals surface area contributed by atoms with Crippen molar-refractivity contribution >= 4 is 22.9 Å². The second-order valence-electron chi connectivity index (χ2n) is 6.42. The Labute approximate surface area is 149 Å². The highest BCUT2D eigenvalue weighted by molar-refractivity contribution is 7.10.